The normalized spacial score (nSPS) is 10.5. The third-order valence-corrected chi connectivity index (χ3v) is 4.04. The monoisotopic (exact) mass is 322 g/mol. The number of hydrogen-bond acceptors (Lipinski definition) is 4. The lowest BCUT2D eigenvalue weighted by atomic mass is 10.1. The Balaban J connectivity index is 1.88. The summed E-state index contributed by atoms with van der Waals surface area (Å²) in [6.45, 7) is 2.67. The van der Waals surface area contributed by atoms with Gasteiger partial charge in [-0.25, -0.2) is 0 Å². The highest BCUT2D eigenvalue weighted by Gasteiger charge is 2.10. The third-order valence-electron chi connectivity index (χ3n) is 3.68. The van der Waals surface area contributed by atoms with Crippen LogP contribution in [-0.4, -0.2) is 16.7 Å². The van der Waals surface area contributed by atoms with E-state index in [2.05, 4.69) is 21.6 Å². The first-order valence-electron chi connectivity index (χ1n) is 7.33. The van der Waals surface area contributed by atoms with E-state index in [9.17, 15) is 5.26 Å². The minimum Gasteiger partial charge on any atom is -0.382 e. The highest BCUT2D eigenvalue weighted by atomic mass is 35.5. The standard InChI is InChI=1S/C18H15ClN4/c1-12-6-7-16-14(10-12)18(17(11-20)23-22-16)21-9-8-13-4-2-3-5-15(13)19/h2-7,10H,8-9H2,1H3,(H,21,22). The van der Waals surface area contributed by atoms with Crippen LogP contribution in [0, 0.1) is 18.3 Å². The molecule has 0 saturated heterocycles. The Hall–Kier alpha value is -2.64. The molecule has 0 fully saturated rings. The van der Waals surface area contributed by atoms with Crippen molar-refractivity contribution in [2.24, 2.45) is 0 Å². The molecule has 114 valence electrons. The predicted molar refractivity (Wildman–Crippen MR) is 92.6 cm³/mol. The van der Waals surface area contributed by atoms with Gasteiger partial charge >= 0.3 is 0 Å². The van der Waals surface area contributed by atoms with Crippen LogP contribution in [0.25, 0.3) is 10.9 Å². The molecule has 0 spiro atoms. The quantitative estimate of drug-likeness (QED) is 0.785. The molecule has 0 amide bonds. The number of aromatic nitrogens is 2. The van der Waals surface area contributed by atoms with Crippen molar-refractivity contribution < 1.29 is 0 Å². The van der Waals surface area contributed by atoms with Crippen molar-refractivity contribution >= 4 is 28.2 Å². The second kappa shape index (κ2) is 6.64. The van der Waals surface area contributed by atoms with Crippen LogP contribution in [0.15, 0.2) is 42.5 Å². The van der Waals surface area contributed by atoms with Gasteiger partial charge in [0.05, 0.1) is 11.2 Å². The van der Waals surface area contributed by atoms with Gasteiger partial charge in [0.25, 0.3) is 0 Å². The van der Waals surface area contributed by atoms with Gasteiger partial charge in [0, 0.05) is 17.0 Å². The predicted octanol–water partition coefficient (Wildman–Crippen LogP) is 4.12. The van der Waals surface area contributed by atoms with Crippen molar-refractivity contribution in [3.63, 3.8) is 0 Å². The maximum Gasteiger partial charge on any atom is 0.186 e. The summed E-state index contributed by atoms with van der Waals surface area (Å²) in [5.41, 5.74) is 4.00. The van der Waals surface area contributed by atoms with Gasteiger partial charge in [-0.1, -0.05) is 41.4 Å². The van der Waals surface area contributed by atoms with E-state index >= 15 is 0 Å². The van der Waals surface area contributed by atoms with Gasteiger partial charge in [-0.2, -0.15) is 5.26 Å². The van der Waals surface area contributed by atoms with E-state index in [1.54, 1.807) is 0 Å². The SMILES string of the molecule is Cc1ccc2nnc(C#N)c(NCCc3ccccc3Cl)c2c1. The van der Waals surface area contributed by atoms with Crippen LogP contribution < -0.4 is 5.32 Å². The molecule has 0 unspecified atom stereocenters. The Labute approximate surface area is 139 Å². The molecule has 0 bridgehead atoms. The van der Waals surface area contributed by atoms with Crippen molar-refractivity contribution in [1.29, 1.82) is 5.26 Å². The summed E-state index contributed by atoms with van der Waals surface area (Å²) in [5, 5.41) is 22.4. The lowest BCUT2D eigenvalue weighted by Crippen LogP contribution is -2.09. The molecule has 3 aromatic rings. The number of halogens is 1. The molecule has 1 heterocycles. The van der Waals surface area contributed by atoms with Gasteiger partial charge in [0.15, 0.2) is 5.69 Å². The minimum absolute atomic E-state index is 0.308. The molecule has 1 N–H and O–H groups in total. The van der Waals surface area contributed by atoms with Crippen molar-refractivity contribution in [3.05, 3.63) is 64.3 Å². The van der Waals surface area contributed by atoms with Gasteiger partial charge in [0.2, 0.25) is 0 Å². The molecule has 3 rings (SSSR count). The van der Waals surface area contributed by atoms with E-state index in [4.69, 9.17) is 11.6 Å². The van der Waals surface area contributed by atoms with Crippen molar-refractivity contribution in [3.8, 4) is 6.07 Å². The molecular formula is C18H15ClN4. The zero-order valence-corrected chi connectivity index (χ0v) is 13.4. The van der Waals surface area contributed by atoms with Crippen LogP contribution >= 0.6 is 11.6 Å². The fraction of sp³-hybridized carbons (Fsp3) is 0.167. The summed E-state index contributed by atoms with van der Waals surface area (Å²) in [6, 6.07) is 15.8. The number of benzene rings is 2. The Morgan fingerprint density at radius 3 is 2.78 bits per heavy atom. The van der Waals surface area contributed by atoms with Gasteiger partial charge in [-0.3, -0.25) is 0 Å². The Kier molecular flexibility index (Phi) is 4.40. The Morgan fingerprint density at radius 1 is 1.17 bits per heavy atom. The maximum absolute atomic E-state index is 9.29. The lowest BCUT2D eigenvalue weighted by molar-refractivity contribution is 1.000. The Bertz CT molecular complexity index is 899. The van der Waals surface area contributed by atoms with E-state index in [0.29, 0.717) is 12.2 Å². The number of anilines is 1. The largest absolute Gasteiger partial charge is 0.382 e. The van der Waals surface area contributed by atoms with Crippen molar-refractivity contribution in [1.82, 2.24) is 10.2 Å². The summed E-state index contributed by atoms with van der Waals surface area (Å²) < 4.78 is 0. The fourth-order valence-corrected chi connectivity index (χ4v) is 2.73. The molecule has 2 aromatic carbocycles. The number of fused-ring (bicyclic) bond motifs is 1. The Morgan fingerprint density at radius 2 is 2.00 bits per heavy atom. The van der Waals surface area contributed by atoms with Crippen LogP contribution in [-0.2, 0) is 6.42 Å². The van der Waals surface area contributed by atoms with Gasteiger partial charge in [0.1, 0.15) is 6.07 Å². The third kappa shape index (κ3) is 3.25. The molecule has 0 aliphatic heterocycles. The summed E-state index contributed by atoms with van der Waals surface area (Å²) in [6.07, 6.45) is 0.764. The zero-order chi connectivity index (χ0) is 16.2. The van der Waals surface area contributed by atoms with Crippen LogP contribution in [0.3, 0.4) is 0 Å². The summed E-state index contributed by atoms with van der Waals surface area (Å²) in [7, 11) is 0. The minimum atomic E-state index is 0.308. The first-order chi connectivity index (χ1) is 11.2. The first kappa shape index (κ1) is 15.3. The molecule has 0 atom stereocenters. The van der Waals surface area contributed by atoms with Crippen molar-refractivity contribution in [2.75, 3.05) is 11.9 Å². The van der Waals surface area contributed by atoms with Gasteiger partial charge in [-0.15, -0.1) is 10.2 Å². The van der Waals surface area contributed by atoms with Gasteiger partial charge in [-0.05, 0) is 37.1 Å². The number of rotatable bonds is 4. The molecular weight excluding hydrogens is 308 g/mol. The zero-order valence-electron chi connectivity index (χ0n) is 12.7. The smallest absolute Gasteiger partial charge is 0.186 e. The van der Waals surface area contributed by atoms with E-state index in [1.807, 2.05) is 49.4 Å². The highest BCUT2D eigenvalue weighted by molar-refractivity contribution is 6.31. The molecule has 0 aliphatic carbocycles. The van der Waals surface area contributed by atoms with E-state index in [-0.39, 0.29) is 0 Å². The molecule has 5 heteroatoms. The van der Waals surface area contributed by atoms with E-state index in [0.717, 1.165) is 39.2 Å². The number of nitrogens with one attached hydrogen (secondary N) is 1. The lowest BCUT2D eigenvalue weighted by Gasteiger charge is -2.11. The number of aryl methyl sites for hydroxylation is 1. The highest BCUT2D eigenvalue weighted by Crippen LogP contribution is 2.25. The van der Waals surface area contributed by atoms with Crippen LogP contribution in [0.4, 0.5) is 5.69 Å². The molecule has 1 aromatic heterocycles. The molecule has 0 aliphatic rings. The van der Waals surface area contributed by atoms with E-state index < -0.39 is 0 Å². The molecule has 23 heavy (non-hydrogen) atoms. The number of nitriles is 1. The summed E-state index contributed by atoms with van der Waals surface area (Å²) in [5.74, 6) is 0. The second-order valence-corrected chi connectivity index (χ2v) is 5.73. The second-order valence-electron chi connectivity index (χ2n) is 5.32. The summed E-state index contributed by atoms with van der Waals surface area (Å²) in [4.78, 5) is 0. The van der Waals surface area contributed by atoms with Crippen LogP contribution in [0.5, 0.6) is 0 Å². The van der Waals surface area contributed by atoms with Crippen LogP contribution in [0.2, 0.25) is 5.02 Å². The molecule has 4 nitrogen and oxygen atoms in total. The fourth-order valence-electron chi connectivity index (χ4n) is 2.50. The van der Waals surface area contributed by atoms with Crippen molar-refractivity contribution in [2.45, 2.75) is 13.3 Å². The average Bonchev–Trinajstić information content (AvgIpc) is 2.56. The first-order valence-corrected chi connectivity index (χ1v) is 7.71. The summed E-state index contributed by atoms with van der Waals surface area (Å²) >= 11 is 6.18. The van der Waals surface area contributed by atoms with E-state index in [1.165, 1.54) is 0 Å². The molecule has 0 saturated carbocycles. The topological polar surface area (TPSA) is 61.6 Å². The van der Waals surface area contributed by atoms with Crippen LogP contribution in [0.1, 0.15) is 16.8 Å². The molecule has 0 radical (unpaired) electrons. The van der Waals surface area contributed by atoms with Gasteiger partial charge < -0.3 is 5.32 Å². The average molecular weight is 323 g/mol. The number of hydrogen-bond donors (Lipinski definition) is 1. The number of nitrogens with zero attached hydrogens (tertiary/aromatic N) is 3. The maximum atomic E-state index is 9.29.